The molecule has 0 saturated carbocycles. The highest BCUT2D eigenvalue weighted by Gasteiger charge is 2.38. The van der Waals surface area contributed by atoms with E-state index in [1.165, 1.54) is 0 Å². The maximum Gasteiger partial charge on any atom is 0.351 e. The van der Waals surface area contributed by atoms with Crippen molar-refractivity contribution in [1.82, 2.24) is 4.67 Å². The lowest BCUT2D eigenvalue weighted by Crippen LogP contribution is -2.36. The fourth-order valence-corrected chi connectivity index (χ4v) is 12.1. The summed E-state index contributed by atoms with van der Waals surface area (Å²) in [6, 6.07) is 35.7. The first-order chi connectivity index (χ1) is 18.0. The summed E-state index contributed by atoms with van der Waals surface area (Å²) in [5.74, 6) is 0. The highest BCUT2D eigenvalue weighted by atomic mass is 35.5. The number of halogens is 2. The summed E-state index contributed by atoms with van der Waals surface area (Å²) in [7, 11) is -6.34. The van der Waals surface area contributed by atoms with Gasteiger partial charge < -0.3 is 9.82 Å². The second-order valence-electron chi connectivity index (χ2n) is 8.58. The summed E-state index contributed by atoms with van der Waals surface area (Å²) in [5.41, 5.74) is 0.597. The molecule has 0 radical (unpaired) electrons. The number of morpholine rings is 1. The van der Waals surface area contributed by atoms with Gasteiger partial charge in [0.2, 0.25) is 0 Å². The molecule has 0 aromatic heterocycles. The third-order valence-electron chi connectivity index (χ3n) is 6.21. The van der Waals surface area contributed by atoms with E-state index < -0.39 is 14.6 Å². The lowest BCUT2D eigenvalue weighted by Gasteiger charge is -2.36. The average molecular weight is 570 g/mol. The molecular weight excluding hydrogens is 543 g/mol. The van der Waals surface area contributed by atoms with Crippen LogP contribution in [0, 0.1) is 0 Å². The van der Waals surface area contributed by atoms with E-state index in [4.69, 9.17) is 32.5 Å². The van der Waals surface area contributed by atoms with Crippen LogP contribution in [0.3, 0.4) is 0 Å². The number of nitrogens with zero attached hydrogens (tertiary/aromatic N) is 2. The van der Waals surface area contributed by atoms with Crippen LogP contribution in [0.5, 0.6) is 0 Å². The van der Waals surface area contributed by atoms with Crippen molar-refractivity contribution >= 4 is 59.5 Å². The number of hydrogen-bond donors (Lipinski definition) is 1. The lowest BCUT2D eigenvalue weighted by molar-refractivity contribution is 0.0723. The van der Waals surface area contributed by atoms with Gasteiger partial charge in [-0.2, -0.15) is 0 Å². The van der Waals surface area contributed by atoms with Crippen LogP contribution in [0.15, 0.2) is 114 Å². The van der Waals surface area contributed by atoms with Crippen LogP contribution in [0.25, 0.3) is 0 Å². The second kappa shape index (κ2) is 11.6. The van der Waals surface area contributed by atoms with E-state index in [1.807, 2.05) is 59.3 Å². The summed E-state index contributed by atoms with van der Waals surface area (Å²) in [5, 5.41) is 7.20. The first kappa shape index (κ1) is 26.3. The number of rotatable bonds is 7. The molecule has 1 heterocycles. The number of anilines is 1. The fourth-order valence-electron chi connectivity index (χ4n) is 4.42. The zero-order valence-electron chi connectivity index (χ0n) is 20.1. The monoisotopic (exact) mass is 569 g/mol. The zero-order valence-corrected chi connectivity index (χ0v) is 23.4. The minimum Gasteiger partial charge on any atom is -0.379 e. The van der Waals surface area contributed by atoms with E-state index in [0.29, 0.717) is 42.0 Å². The largest absolute Gasteiger partial charge is 0.379 e. The summed E-state index contributed by atoms with van der Waals surface area (Å²) in [6.07, 6.45) is 0. The quantitative estimate of drug-likeness (QED) is 0.243. The Labute approximate surface area is 228 Å². The Morgan fingerprint density at radius 3 is 1.65 bits per heavy atom. The van der Waals surface area contributed by atoms with Crippen LogP contribution in [-0.2, 0) is 9.30 Å². The summed E-state index contributed by atoms with van der Waals surface area (Å²) >= 11 is 12.5. The Balaban J connectivity index is 1.82. The van der Waals surface area contributed by atoms with Gasteiger partial charge in [0.05, 0.1) is 30.3 Å². The van der Waals surface area contributed by atoms with Crippen LogP contribution in [0.4, 0.5) is 5.69 Å². The molecule has 4 aromatic carbocycles. The Morgan fingerprint density at radius 1 is 0.703 bits per heavy atom. The Kier molecular flexibility index (Phi) is 8.21. The van der Waals surface area contributed by atoms with Gasteiger partial charge in [0, 0.05) is 34.7 Å². The molecule has 190 valence electrons. The van der Waals surface area contributed by atoms with Crippen LogP contribution in [0.1, 0.15) is 0 Å². The summed E-state index contributed by atoms with van der Waals surface area (Å²) < 4.78 is 28.2. The molecule has 5 rings (SSSR count). The first-order valence-corrected chi connectivity index (χ1v) is 16.1. The minimum absolute atomic E-state index is 0.385. The molecule has 1 fully saturated rings. The summed E-state index contributed by atoms with van der Waals surface area (Å²) in [4.78, 5) is 0. The number of benzene rings is 4. The molecule has 0 aliphatic carbocycles. The Bertz CT molecular complexity index is 1350. The zero-order chi connectivity index (χ0) is 25.7. The predicted molar refractivity (Wildman–Crippen MR) is 158 cm³/mol. The van der Waals surface area contributed by atoms with Gasteiger partial charge in [0.1, 0.15) is 0 Å². The molecular formula is C28H27Cl2N3O2P2. The molecule has 0 amide bonds. The molecule has 1 atom stereocenters. The van der Waals surface area contributed by atoms with Gasteiger partial charge in [-0.3, -0.25) is 4.57 Å². The normalized spacial score (nSPS) is 16.1. The van der Waals surface area contributed by atoms with Crippen LogP contribution in [0.2, 0.25) is 10.0 Å². The molecule has 1 unspecified atom stereocenters. The van der Waals surface area contributed by atoms with Gasteiger partial charge in [0.15, 0.2) is 0 Å². The molecule has 9 heteroatoms. The Hall–Kier alpha value is -2.36. The van der Waals surface area contributed by atoms with Crippen LogP contribution >= 0.6 is 37.9 Å². The fraction of sp³-hybridized carbons (Fsp3) is 0.143. The van der Waals surface area contributed by atoms with E-state index in [-0.39, 0.29) is 0 Å². The van der Waals surface area contributed by atoms with Crippen molar-refractivity contribution in [1.29, 1.82) is 0 Å². The van der Waals surface area contributed by atoms with E-state index in [9.17, 15) is 0 Å². The van der Waals surface area contributed by atoms with Gasteiger partial charge in [0.25, 0.3) is 0 Å². The number of hydrogen-bond acceptors (Lipinski definition) is 2. The Morgan fingerprint density at radius 2 is 1.19 bits per heavy atom. The number of nitrogens with one attached hydrogen (secondary N) is 1. The van der Waals surface area contributed by atoms with Crippen molar-refractivity contribution in [2.24, 2.45) is 4.52 Å². The molecule has 5 nitrogen and oxygen atoms in total. The standard InChI is InChI=1S/C28H27Cl2N3O2P2/c29-27-17-16-23(22-28(27)30)31-37(34,33-18-20-35-21-19-33)32-36(24-10-4-1-5-11-24,25-12-6-2-7-13-25)26-14-8-3-9-15-26/h1-17,22H,18-21H2,(H,31,34). The lowest BCUT2D eigenvalue weighted by atomic mass is 10.3. The van der Waals surface area contributed by atoms with E-state index in [1.54, 1.807) is 18.2 Å². The molecule has 37 heavy (non-hydrogen) atoms. The second-order valence-corrected chi connectivity index (χ2v) is 14.8. The third-order valence-corrected chi connectivity index (χ3v) is 13.8. The van der Waals surface area contributed by atoms with Crippen molar-refractivity contribution in [3.8, 4) is 0 Å². The highest BCUT2D eigenvalue weighted by Crippen LogP contribution is 2.62. The molecule has 1 aliphatic rings. The van der Waals surface area contributed by atoms with Gasteiger partial charge in [-0.05, 0) is 18.2 Å². The van der Waals surface area contributed by atoms with E-state index in [0.717, 1.165) is 15.9 Å². The maximum atomic E-state index is 15.2. The molecule has 0 bridgehead atoms. The van der Waals surface area contributed by atoms with Gasteiger partial charge in [-0.1, -0.05) is 114 Å². The third kappa shape index (κ3) is 5.59. The minimum atomic E-state index is -3.59. The van der Waals surface area contributed by atoms with Gasteiger partial charge >= 0.3 is 7.59 Å². The molecule has 1 aliphatic heterocycles. The summed E-state index contributed by atoms with van der Waals surface area (Å²) in [6.45, 7) is 1.95. The maximum absolute atomic E-state index is 15.2. The van der Waals surface area contributed by atoms with Crippen molar-refractivity contribution in [2.75, 3.05) is 31.4 Å². The molecule has 0 spiro atoms. The van der Waals surface area contributed by atoms with Crippen molar-refractivity contribution < 1.29 is 9.30 Å². The molecule has 1 saturated heterocycles. The number of ether oxygens (including phenoxy) is 1. The van der Waals surface area contributed by atoms with Gasteiger partial charge in [-0.25, -0.2) is 9.19 Å². The van der Waals surface area contributed by atoms with E-state index in [2.05, 4.69) is 41.5 Å². The van der Waals surface area contributed by atoms with Gasteiger partial charge in [-0.15, -0.1) is 0 Å². The first-order valence-electron chi connectivity index (χ1n) is 12.0. The van der Waals surface area contributed by atoms with Crippen molar-refractivity contribution in [3.63, 3.8) is 0 Å². The van der Waals surface area contributed by atoms with Crippen LogP contribution < -0.4 is 21.0 Å². The molecule has 4 aromatic rings. The topological polar surface area (TPSA) is 53.9 Å². The highest BCUT2D eigenvalue weighted by molar-refractivity contribution is 7.91. The molecule has 1 N–H and O–H groups in total. The predicted octanol–water partition coefficient (Wildman–Crippen LogP) is 7.02. The van der Waals surface area contributed by atoms with Crippen LogP contribution in [-0.4, -0.2) is 31.0 Å². The smallest absolute Gasteiger partial charge is 0.351 e. The van der Waals surface area contributed by atoms with Crippen molar-refractivity contribution in [3.05, 3.63) is 119 Å². The van der Waals surface area contributed by atoms with E-state index >= 15 is 4.57 Å². The SMILES string of the molecule is O=P(N=P(c1ccccc1)(c1ccccc1)c1ccccc1)(Nc1ccc(Cl)c(Cl)c1)N1CCOCC1. The average Bonchev–Trinajstić information content (AvgIpc) is 2.96. The van der Waals surface area contributed by atoms with Crippen molar-refractivity contribution in [2.45, 2.75) is 0 Å².